The molecule has 1 aromatic rings. The zero-order chi connectivity index (χ0) is 15.6. The smallest absolute Gasteiger partial charge is 0.335 e. The Labute approximate surface area is 119 Å². The van der Waals surface area contributed by atoms with Crippen LogP contribution in [-0.2, 0) is 4.79 Å². The Bertz CT molecular complexity index is 605. The summed E-state index contributed by atoms with van der Waals surface area (Å²) in [4.78, 5) is 35.2. The average Bonchev–Trinajstić information content (AvgIpc) is 2.90. The number of carboxylic acids is 1. The molecule has 1 aliphatic rings. The molecule has 1 saturated heterocycles. The lowest BCUT2D eigenvalue weighted by Gasteiger charge is -2.22. The first-order chi connectivity index (χ1) is 9.90. The largest absolute Gasteiger partial charge is 0.478 e. The first-order valence-corrected chi connectivity index (χ1v) is 6.30. The summed E-state index contributed by atoms with van der Waals surface area (Å²) in [7, 11) is 0. The van der Waals surface area contributed by atoms with Crippen molar-refractivity contribution in [2.75, 3.05) is 11.9 Å². The van der Waals surface area contributed by atoms with Crippen LogP contribution >= 0.6 is 0 Å². The summed E-state index contributed by atoms with van der Waals surface area (Å²) < 4.78 is 13.7. The van der Waals surface area contributed by atoms with E-state index in [0.717, 1.165) is 12.1 Å². The van der Waals surface area contributed by atoms with Crippen LogP contribution in [-0.4, -0.2) is 40.5 Å². The predicted octanol–water partition coefficient (Wildman–Crippen LogP) is 1.01. The molecule has 3 amide bonds. The van der Waals surface area contributed by atoms with E-state index in [1.807, 2.05) is 0 Å². The maximum Gasteiger partial charge on any atom is 0.335 e. The van der Waals surface area contributed by atoms with Crippen molar-refractivity contribution >= 4 is 23.6 Å². The lowest BCUT2D eigenvalue weighted by Crippen LogP contribution is -2.45. The molecule has 1 heterocycles. The number of urea groups is 1. The van der Waals surface area contributed by atoms with E-state index in [2.05, 4.69) is 5.32 Å². The number of nitrogens with one attached hydrogen (secondary N) is 1. The van der Waals surface area contributed by atoms with Gasteiger partial charge in [-0.05, 0) is 31.0 Å². The van der Waals surface area contributed by atoms with Gasteiger partial charge in [-0.3, -0.25) is 4.79 Å². The Balaban J connectivity index is 2.13. The fourth-order valence-corrected chi connectivity index (χ4v) is 2.24. The highest BCUT2D eigenvalue weighted by molar-refractivity contribution is 5.94. The van der Waals surface area contributed by atoms with Crippen molar-refractivity contribution < 1.29 is 23.9 Å². The minimum Gasteiger partial charge on any atom is -0.478 e. The number of likely N-dealkylation sites (tertiary alicyclic amines) is 1. The van der Waals surface area contributed by atoms with Gasteiger partial charge < -0.3 is 21.1 Å². The van der Waals surface area contributed by atoms with Gasteiger partial charge >= 0.3 is 12.0 Å². The molecular formula is C13H14FN3O4. The lowest BCUT2D eigenvalue weighted by atomic mass is 10.2. The molecule has 1 atom stereocenters. The molecule has 0 radical (unpaired) electrons. The number of nitrogens with zero attached hydrogens (tertiary/aromatic N) is 1. The number of anilines is 1. The second-order valence-electron chi connectivity index (χ2n) is 4.68. The third kappa shape index (κ3) is 3.10. The Morgan fingerprint density at radius 2 is 2.10 bits per heavy atom. The van der Waals surface area contributed by atoms with Crippen LogP contribution in [0.2, 0.25) is 0 Å². The molecule has 0 aromatic heterocycles. The number of carbonyl (C=O) groups is 3. The van der Waals surface area contributed by atoms with E-state index in [0.29, 0.717) is 19.4 Å². The fourth-order valence-electron chi connectivity index (χ4n) is 2.24. The molecule has 1 aliphatic heterocycles. The van der Waals surface area contributed by atoms with Crippen molar-refractivity contribution in [2.45, 2.75) is 18.9 Å². The van der Waals surface area contributed by atoms with Crippen molar-refractivity contribution in [1.29, 1.82) is 0 Å². The number of carboxylic acid groups (broad SMARTS) is 1. The Morgan fingerprint density at radius 3 is 2.67 bits per heavy atom. The minimum atomic E-state index is -1.26. The van der Waals surface area contributed by atoms with Crippen LogP contribution in [0.5, 0.6) is 0 Å². The summed E-state index contributed by atoms with van der Waals surface area (Å²) in [6, 6.07) is 1.81. The van der Waals surface area contributed by atoms with E-state index < -0.39 is 29.8 Å². The molecule has 1 aromatic carbocycles. The van der Waals surface area contributed by atoms with Gasteiger partial charge in [0.15, 0.2) is 0 Å². The van der Waals surface area contributed by atoms with Gasteiger partial charge in [-0.2, -0.15) is 0 Å². The number of hydrogen-bond donors (Lipinski definition) is 3. The van der Waals surface area contributed by atoms with Crippen LogP contribution in [0.4, 0.5) is 14.9 Å². The van der Waals surface area contributed by atoms with Gasteiger partial charge in [0.25, 0.3) is 0 Å². The minimum absolute atomic E-state index is 0.153. The fraction of sp³-hybridized carbons (Fsp3) is 0.308. The van der Waals surface area contributed by atoms with Crippen LogP contribution in [0.25, 0.3) is 0 Å². The van der Waals surface area contributed by atoms with Crippen molar-refractivity contribution in [2.24, 2.45) is 5.73 Å². The molecule has 112 valence electrons. The van der Waals surface area contributed by atoms with Gasteiger partial charge in [-0.25, -0.2) is 14.0 Å². The van der Waals surface area contributed by atoms with E-state index in [9.17, 15) is 18.8 Å². The highest BCUT2D eigenvalue weighted by Crippen LogP contribution is 2.20. The van der Waals surface area contributed by atoms with E-state index in [-0.39, 0.29) is 11.3 Å². The number of amides is 3. The second-order valence-corrected chi connectivity index (χ2v) is 4.68. The summed E-state index contributed by atoms with van der Waals surface area (Å²) >= 11 is 0. The van der Waals surface area contributed by atoms with Gasteiger partial charge in [0, 0.05) is 6.54 Å². The summed E-state index contributed by atoms with van der Waals surface area (Å²) in [5.41, 5.74) is 4.83. The van der Waals surface area contributed by atoms with Gasteiger partial charge in [-0.1, -0.05) is 0 Å². The molecule has 4 N–H and O–H groups in total. The van der Waals surface area contributed by atoms with Gasteiger partial charge in [0.05, 0.1) is 11.3 Å². The first kappa shape index (κ1) is 14.8. The van der Waals surface area contributed by atoms with Crippen molar-refractivity contribution in [3.8, 4) is 0 Å². The van der Waals surface area contributed by atoms with Crippen molar-refractivity contribution in [1.82, 2.24) is 4.90 Å². The summed E-state index contributed by atoms with van der Waals surface area (Å²) in [5.74, 6) is -2.73. The summed E-state index contributed by atoms with van der Waals surface area (Å²) in [5, 5.41) is 11.1. The van der Waals surface area contributed by atoms with Gasteiger partial charge in [0.2, 0.25) is 5.91 Å². The monoisotopic (exact) mass is 295 g/mol. The van der Waals surface area contributed by atoms with Gasteiger partial charge in [0.1, 0.15) is 11.9 Å². The molecule has 21 heavy (non-hydrogen) atoms. The lowest BCUT2D eigenvalue weighted by molar-refractivity contribution is -0.121. The third-order valence-electron chi connectivity index (χ3n) is 3.30. The number of nitrogens with two attached hydrogens (primary N) is 1. The number of rotatable bonds is 3. The zero-order valence-corrected chi connectivity index (χ0v) is 11.0. The quantitative estimate of drug-likeness (QED) is 0.772. The topological polar surface area (TPSA) is 113 Å². The number of benzene rings is 1. The standard InChI is InChI=1S/C13H14FN3O4/c14-8-6-7(12(19)20)3-4-9(8)16-13(21)17-5-1-2-10(17)11(15)18/h3-4,6,10H,1-2,5H2,(H2,15,18)(H,16,21)(H,19,20). The van der Waals surface area contributed by atoms with Crippen LogP contribution in [0.15, 0.2) is 18.2 Å². The summed E-state index contributed by atoms with van der Waals surface area (Å²) in [6.07, 6.45) is 1.12. The molecule has 0 spiro atoms. The highest BCUT2D eigenvalue weighted by Gasteiger charge is 2.32. The van der Waals surface area contributed by atoms with E-state index >= 15 is 0 Å². The SMILES string of the molecule is NC(=O)C1CCCN1C(=O)Nc1ccc(C(=O)O)cc1F. The van der Waals surface area contributed by atoms with Crippen LogP contribution < -0.4 is 11.1 Å². The molecule has 1 fully saturated rings. The second kappa shape index (κ2) is 5.78. The van der Waals surface area contributed by atoms with Crippen LogP contribution in [0, 0.1) is 5.82 Å². The van der Waals surface area contributed by atoms with E-state index in [1.165, 1.54) is 11.0 Å². The zero-order valence-electron chi connectivity index (χ0n) is 11.0. The number of carbonyl (C=O) groups excluding carboxylic acids is 2. The Hall–Kier alpha value is -2.64. The van der Waals surface area contributed by atoms with E-state index in [1.54, 1.807) is 0 Å². The average molecular weight is 295 g/mol. The number of hydrogen-bond acceptors (Lipinski definition) is 3. The number of aromatic carboxylic acids is 1. The molecule has 8 heteroatoms. The Kier molecular flexibility index (Phi) is 4.06. The van der Waals surface area contributed by atoms with Gasteiger partial charge in [-0.15, -0.1) is 0 Å². The normalized spacial score (nSPS) is 17.6. The van der Waals surface area contributed by atoms with Crippen molar-refractivity contribution in [3.63, 3.8) is 0 Å². The molecule has 0 saturated carbocycles. The maximum absolute atomic E-state index is 13.7. The first-order valence-electron chi connectivity index (χ1n) is 6.30. The van der Waals surface area contributed by atoms with Crippen LogP contribution in [0.1, 0.15) is 23.2 Å². The third-order valence-corrected chi connectivity index (χ3v) is 3.30. The number of halogens is 1. The number of primary amides is 1. The van der Waals surface area contributed by atoms with Crippen molar-refractivity contribution in [3.05, 3.63) is 29.6 Å². The predicted molar refractivity (Wildman–Crippen MR) is 71.3 cm³/mol. The summed E-state index contributed by atoms with van der Waals surface area (Å²) in [6.45, 7) is 0.355. The Morgan fingerprint density at radius 1 is 1.38 bits per heavy atom. The molecule has 0 aliphatic carbocycles. The highest BCUT2D eigenvalue weighted by atomic mass is 19.1. The molecule has 0 bridgehead atoms. The molecule has 7 nitrogen and oxygen atoms in total. The van der Waals surface area contributed by atoms with Crippen LogP contribution in [0.3, 0.4) is 0 Å². The molecular weight excluding hydrogens is 281 g/mol. The van der Waals surface area contributed by atoms with E-state index in [4.69, 9.17) is 10.8 Å². The maximum atomic E-state index is 13.7. The molecule has 2 rings (SSSR count). The molecule has 1 unspecified atom stereocenters.